The number of rotatable bonds is 4. The van der Waals surface area contributed by atoms with Crippen LogP contribution in [0.5, 0.6) is 11.5 Å². The Morgan fingerprint density at radius 1 is 1.03 bits per heavy atom. The fourth-order valence-corrected chi connectivity index (χ4v) is 3.38. The fourth-order valence-electron chi connectivity index (χ4n) is 3.38. The van der Waals surface area contributed by atoms with Gasteiger partial charge in [0.2, 0.25) is 0 Å². The van der Waals surface area contributed by atoms with E-state index in [-0.39, 0.29) is 11.7 Å². The van der Waals surface area contributed by atoms with Crippen LogP contribution in [0, 0.1) is 5.92 Å². The first-order valence-corrected chi connectivity index (χ1v) is 9.65. The maximum absolute atomic E-state index is 12.2. The summed E-state index contributed by atoms with van der Waals surface area (Å²) in [6, 6.07) is 11.9. The monoisotopic (exact) mass is 419 g/mol. The second-order valence-corrected chi connectivity index (χ2v) is 7.30. The minimum absolute atomic E-state index is 0.0133. The molecule has 31 heavy (non-hydrogen) atoms. The van der Waals surface area contributed by atoms with Crippen LogP contribution in [-0.4, -0.2) is 34.4 Å². The highest BCUT2D eigenvalue weighted by Crippen LogP contribution is 2.49. The van der Waals surface area contributed by atoms with Gasteiger partial charge in [-0.3, -0.25) is 15.0 Å². The molecule has 2 aliphatic rings. The number of hydrogen-bond donors (Lipinski definition) is 4. The number of methoxy groups -OCH3 is 1. The van der Waals surface area contributed by atoms with Crippen molar-refractivity contribution in [3.63, 3.8) is 0 Å². The molecule has 0 fully saturated rings. The maximum Gasteiger partial charge on any atom is 0.364 e. The van der Waals surface area contributed by atoms with Crippen LogP contribution in [0.4, 0.5) is 10.5 Å². The number of fused-ring (bicyclic) bond motifs is 3. The highest BCUT2D eigenvalue weighted by molar-refractivity contribution is 6.16. The van der Waals surface area contributed by atoms with Crippen molar-refractivity contribution in [2.75, 3.05) is 12.4 Å². The third-order valence-electron chi connectivity index (χ3n) is 4.97. The molecule has 1 aliphatic carbocycles. The summed E-state index contributed by atoms with van der Waals surface area (Å²) in [5, 5.41) is 27.8. The Kier molecular flexibility index (Phi) is 5.16. The average molecular weight is 419 g/mol. The lowest BCUT2D eigenvalue weighted by atomic mass is 10.1. The lowest BCUT2D eigenvalue weighted by molar-refractivity contribution is -0.121. The van der Waals surface area contributed by atoms with Crippen LogP contribution in [-0.2, 0) is 4.79 Å². The molecular formula is C22H21N5O4. The third-order valence-corrected chi connectivity index (χ3v) is 4.97. The van der Waals surface area contributed by atoms with Crippen LogP contribution >= 0.6 is 0 Å². The molecule has 1 heterocycles. The Morgan fingerprint density at radius 2 is 1.74 bits per heavy atom. The van der Waals surface area contributed by atoms with E-state index < -0.39 is 11.9 Å². The molecule has 158 valence electrons. The van der Waals surface area contributed by atoms with Crippen molar-refractivity contribution in [3.8, 4) is 34.0 Å². The molecule has 9 heteroatoms. The quantitative estimate of drug-likeness (QED) is 0.341. The van der Waals surface area contributed by atoms with E-state index >= 15 is 0 Å². The van der Waals surface area contributed by atoms with Crippen LogP contribution < -0.4 is 10.1 Å². The molecule has 0 radical (unpaired) electrons. The van der Waals surface area contributed by atoms with Gasteiger partial charge in [-0.1, -0.05) is 31.1 Å². The van der Waals surface area contributed by atoms with Gasteiger partial charge in [-0.05, 0) is 30.3 Å². The third kappa shape index (κ3) is 3.61. The molecule has 0 aromatic heterocycles. The van der Waals surface area contributed by atoms with Gasteiger partial charge >= 0.3 is 6.03 Å². The van der Waals surface area contributed by atoms with Crippen LogP contribution in [0.15, 0.2) is 52.7 Å². The topological polar surface area (TPSA) is 132 Å². The molecule has 2 aromatic carbocycles. The summed E-state index contributed by atoms with van der Waals surface area (Å²) in [6.07, 6.45) is 0. The molecule has 0 atom stereocenters. The molecule has 9 nitrogen and oxygen atoms in total. The van der Waals surface area contributed by atoms with Crippen molar-refractivity contribution in [3.05, 3.63) is 42.5 Å². The van der Waals surface area contributed by atoms with Gasteiger partial charge in [-0.15, -0.1) is 5.11 Å². The molecule has 2 aromatic rings. The van der Waals surface area contributed by atoms with E-state index in [4.69, 9.17) is 4.74 Å². The number of anilines is 1. The van der Waals surface area contributed by atoms with Gasteiger partial charge in [0.1, 0.15) is 11.5 Å². The SMILES string of the molecule is COc1ccc(-c2[nH][nH]c3c4cccc(NC(=O)N=NC(=O)C(C)C)c4c(O)c2-3)cc1. The summed E-state index contributed by atoms with van der Waals surface area (Å²) in [7, 11) is 1.60. The zero-order chi connectivity index (χ0) is 22.1. The Labute approximate surface area is 177 Å². The number of hydrogen-bond acceptors (Lipinski definition) is 4. The van der Waals surface area contributed by atoms with Crippen molar-refractivity contribution in [2.24, 2.45) is 16.1 Å². The van der Waals surface area contributed by atoms with Crippen molar-refractivity contribution in [1.82, 2.24) is 10.2 Å². The first kappa shape index (κ1) is 20.1. The summed E-state index contributed by atoms with van der Waals surface area (Å²) in [5.74, 6) is -0.105. The minimum Gasteiger partial charge on any atom is -0.506 e. The van der Waals surface area contributed by atoms with Gasteiger partial charge in [0.15, 0.2) is 0 Å². The normalized spacial score (nSPS) is 11.6. The second kappa shape index (κ2) is 7.94. The molecule has 0 unspecified atom stereocenters. The van der Waals surface area contributed by atoms with Crippen LogP contribution in [0.2, 0.25) is 0 Å². The summed E-state index contributed by atoms with van der Waals surface area (Å²) in [4.78, 5) is 23.7. The Morgan fingerprint density at radius 3 is 2.42 bits per heavy atom. The Bertz CT molecular complexity index is 1270. The second-order valence-electron chi connectivity index (χ2n) is 7.30. The van der Waals surface area contributed by atoms with Gasteiger partial charge in [-0.25, -0.2) is 4.79 Å². The van der Waals surface area contributed by atoms with Gasteiger partial charge in [0.05, 0.1) is 35.1 Å². The fraction of sp³-hybridized carbons (Fsp3) is 0.182. The van der Waals surface area contributed by atoms with Crippen LogP contribution in [0.3, 0.4) is 0 Å². The number of carbonyl (C=O) groups is 2. The molecule has 1 aliphatic heterocycles. The molecule has 3 amide bonds. The molecule has 0 saturated heterocycles. The first-order chi connectivity index (χ1) is 14.9. The number of H-pyrrole nitrogens is 2. The number of benzene rings is 2. The highest BCUT2D eigenvalue weighted by Gasteiger charge is 2.26. The summed E-state index contributed by atoms with van der Waals surface area (Å²) < 4.78 is 5.20. The number of nitrogens with zero attached hydrogens (tertiary/aromatic N) is 2. The van der Waals surface area contributed by atoms with E-state index in [1.165, 1.54) is 0 Å². The Balaban J connectivity index is 1.74. The van der Waals surface area contributed by atoms with Crippen molar-refractivity contribution >= 4 is 28.4 Å². The number of urea groups is 1. The largest absolute Gasteiger partial charge is 0.506 e. The van der Waals surface area contributed by atoms with Gasteiger partial charge in [-0.2, -0.15) is 0 Å². The number of aromatic hydroxyl groups is 1. The van der Waals surface area contributed by atoms with Gasteiger partial charge in [0.25, 0.3) is 5.91 Å². The van der Waals surface area contributed by atoms with E-state index in [9.17, 15) is 14.7 Å². The number of azo groups is 1. The summed E-state index contributed by atoms with van der Waals surface area (Å²) in [5.41, 5.74) is 3.21. The molecule has 4 N–H and O–H groups in total. The van der Waals surface area contributed by atoms with E-state index in [2.05, 4.69) is 25.7 Å². The molecular weight excluding hydrogens is 398 g/mol. The van der Waals surface area contributed by atoms with Crippen LogP contribution in [0.25, 0.3) is 33.3 Å². The van der Waals surface area contributed by atoms with Gasteiger partial charge in [0, 0.05) is 16.9 Å². The molecule has 0 spiro atoms. The predicted octanol–water partition coefficient (Wildman–Crippen LogP) is 5.15. The van der Waals surface area contributed by atoms with Crippen molar-refractivity contribution in [2.45, 2.75) is 13.8 Å². The smallest absolute Gasteiger partial charge is 0.364 e. The van der Waals surface area contributed by atoms with Crippen molar-refractivity contribution < 1.29 is 19.4 Å². The van der Waals surface area contributed by atoms with E-state index in [0.29, 0.717) is 28.0 Å². The van der Waals surface area contributed by atoms with E-state index in [0.717, 1.165) is 16.7 Å². The first-order valence-electron chi connectivity index (χ1n) is 9.65. The number of nitrogens with one attached hydrogen (secondary N) is 3. The van der Waals surface area contributed by atoms with Gasteiger partial charge < -0.3 is 15.2 Å². The molecule has 4 rings (SSSR count). The number of aromatic nitrogens is 2. The zero-order valence-electron chi connectivity index (χ0n) is 17.2. The Hall–Kier alpha value is -4.14. The van der Waals surface area contributed by atoms with E-state index in [1.54, 1.807) is 33.1 Å². The lowest BCUT2D eigenvalue weighted by Gasteiger charge is -2.05. The van der Waals surface area contributed by atoms with E-state index in [1.807, 2.05) is 30.3 Å². The number of carbonyl (C=O) groups excluding carboxylic acids is 2. The summed E-state index contributed by atoms with van der Waals surface area (Å²) in [6.45, 7) is 3.34. The highest BCUT2D eigenvalue weighted by atomic mass is 16.5. The minimum atomic E-state index is -0.798. The lowest BCUT2D eigenvalue weighted by Crippen LogP contribution is -2.08. The number of aromatic amines is 2. The zero-order valence-corrected chi connectivity index (χ0v) is 17.2. The average Bonchev–Trinajstić information content (AvgIpc) is 3.32. The predicted molar refractivity (Wildman–Crippen MR) is 117 cm³/mol. The molecule has 0 bridgehead atoms. The number of ether oxygens (including phenoxy) is 1. The van der Waals surface area contributed by atoms with Crippen molar-refractivity contribution in [1.29, 1.82) is 0 Å². The maximum atomic E-state index is 12.2. The van der Waals surface area contributed by atoms with Crippen LogP contribution in [0.1, 0.15) is 13.8 Å². The standard InChI is InChI=1S/C22H21N5O4/c1-11(2)21(29)26-27-22(30)23-15-6-4-5-14-16(15)20(28)17-18(24-25-19(14)17)12-7-9-13(31-3)10-8-12/h4-11,24-25,28H,1-3H3,(H,23,30). The summed E-state index contributed by atoms with van der Waals surface area (Å²) >= 11 is 0. The number of amides is 3. The molecule has 0 saturated carbocycles.